The van der Waals surface area contributed by atoms with Gasteiger partial charge in [-0.3, -0.25) is 0 Å². The molecule has 0 heterocycles. The van der Waals surface area contributed by atoms with Crippen molar-refractivity contribution in [3.05, 3.63) is 24.3 Å². The van der Waals surface area contributed by atoms with Crippen molar-refractivity contribution in [1.82, 2.24) is 0 Å². The van der Waals surface area contributed by atoms with Crippen molar-refractivity contribution in [2.75, 3.05) is 0 Å². The van der Waals surface area contributed by atoms with E-state index in [0.717, 1.165) is 11.8 Å². The Hall–Kier alpha value is -0.520. The first kappa shape index (κ1) is 14.4. The largest absolute Gasteiger partial charge is 0.103 e. The number of fused-ring (bicyclic) bond motifs is 3. The van der Waals surface area contributed by atoms with Crippen LogP contribution in [0.5, 0.6) is 0 Å². The molecule has 3 aliphatic carbocycles. The molecule has 2 fully saturated rings. The summed E-state index contributed by atoms with van der Waals surface area (Å²) in [5, 5.41) is 0. The Bertz CT molecular complexity index is 441. The standard InChI is InChI=1S/C20H32/c1-6-19(4)13-10-16-15(14-19)8-9-17-18(2,3)11-7-12-20(16,17)5/h6,10,15,17H,1,7-9,11-14H2,2-5H3/t15?,17?,19-,20-/m0/s1. The first-order valence-electron chi connectivity index (χ1n) is 8.65. The van der Waals surface area contributed by atoms with Crippen LogP contribution in [0.15, 0.2) is 24.3 Å². The van der Waals surface area contributed by atoms with Gasteiger partial charge in [-0.25, -0.2) is 0 Å². The lowest BCUT2D eigenvalue weighted by atomic mass is 9.46. The van der Waals surface area contributed by atoms with Crippen molar-refractivity contribution < 1.29 is 0 Å². The molecule has 2 unspecified atom stereocenters. The van der Waals surface area contributed by atoms with Crippen molar-refractivity contribution in [1.29, 1.82) is 0 Å². The van der Waals surface area contributed by atoms with Crippen molar-refractivity contribution in [2.24, 2.45) is 28.1 Å². The van der Waals surface area contributed by atoms with Crippen molar-refractivity contribution in [3.8, 4) is 0 Å². The van der Waals surface area contributed by atoms with Gasteiger partial charge in [0.15, 0.2) is 0 Å². The van der Waals surface area contributed by atoms with E-state index < -0.39 is 0 Å². The van der Waals surface area contributed by atoms with E-state index in [2.05, 4.69) is 46.4 Å². The zero-order chi connectivity index (χ0) is 14.6. The van der Waals surface area contributed by atoms with Crippen LogP contribution in [0.4, 0.5) is 0 Å². The molecule has 0 saturated heterocycles. The van der Waals surface area contributed by atoms with Gasteiger partial charge in [0.25, 0.3) is 0 Å². The molecule has 0 aromatic rings. The first-order valence-corrected chi connectivity index (χ1v) is 8.65. The fourth-order valence-corrected chi connectivity index (χ4v) is 5.93. The molecule has 20 heavy (non-hydrogen) atoms. The minimum absolute atomic E-state index is 0.349. The number of rotatable bonds is 1. The molecular formula is C20H32. The molecular weight excluding hydrogens is 240 g/mol. The summed E-state index contributed by atoms with van der Waals surface area (Å²) < 4.78 is 0. The fraction of sp³-hybridized carbons (Fsp3) is 0.800. The van der Waals surface area contributed by atoms with E-state index in [1.54, 1.807) is 0 Å². The van der Waals surface area contributed by atoms with Crippen molar-refractivity contribution >= 4 is 0 Å². The predicted octanol–water partition coefficient (Wildman–Crippen LogP) is 6.14. The van der Waals surface area contributed by atoms with Crippen LogP contribution in [-0.2, 0) is 0 Å². The SMILES string of the molecule is C=C[C@@]1(C)CC=C2C(CCC3C(C)(C)CCC[C@@]23C)C1. The molecule has 0 aromatic heterocycles. The summed E-state index contributed by atoms with van der Waals surface area (Å²) >= 11 is 0. The summed E-state index contributed by atoms with van der Waals surface area (Å²) in [4.78, 5) is 0. The van der Waals surface area contributed by atoms with Crippen molar-refractivity contribution in [3.63, 3.8) is 0 Å². The molecule has 112 valence electrons. The summed E-state index contributed by atoms with van der Waals surface area (Å²) in [5.74, 6) is 1.74. The smallest absolute Gasteiger partial charge is 0.00803 e. The molecule has 3 rings (SSSR count). The van der Waals surface area contributed by atoms with Gasteiger partial charge >= 0.3 is 0 Å². The van der Waals surface area contributed by atoms with E-state index in [4.69, 9.17) is 0 Å². The molecule has 0 radical (unpaired) electrons. The lowest BCUT2D eigenvalue weighted by Gasteiger charge is -2.58. The minimum Gasteiger partial charge on any atom is -0.103 e. The molecule has 4 atom stereocenters. The first-order chi connectivity index (χ1) is 9.31. The zero-order valence-corrected chi connectivity index (χ0v) is 14.0. The monoisotopic (exact) mass is 272 g/mol. The normalized spacial score (nSPS) is 46.9. The third-order valence-electron chi connectivity index (χ3n) is 7.13. The lowest BCUT2D eigenvalue weighted by molar-refractivity contribution is -0.0153. The van der Waals surface area contributed by atoms with E-state index in [1.165, 1.54) is 44.9 Å². The maximum Gasteiger partial charge on any atom is -0.00803 e. The summed E-state index contributed by atoms with van der Waals surface area (Å²) in [6, 6.07) is 0. The van der Waals surface area contributed by atoms with Gasteiger partial charge in [-0.1, -0.05) is 51.8 Å². The van der Waals surface area contributed by atoms with Crippen LogP contribution in [0.1, 0.15) is 72.6 Å². The van der Waals surface area contributed by atoms with Crippen LogP contribution in [-0.4, -0.2) is 0 Å². The maximum atomic E-state index is 4.09. The molecule has 0 spiro atoms. The van der Waals surface area contributed by atoms with Crippen LogP contribution in [0.2, 0.25) is 0 Å². The highest BCUT2D eigenvalue weighted by Crippen LogP contribution is 2.63. The number of hydrogen-bond acceptors (Lipinski definition) is 0. The van der Waals surface area contributed by atoms with Gasteiger partial charge in [0, 0.05) is 0 Å². The zero-order valence-electron chi connectivity index (χ0n) is 14.0. The Morgan fingerprint density at radius 1 is 1.15 bits per heavy atom. The Balaban J connectivity index is 1.96. The molecule has 3 aliphatic rings. The Kier molecular flexibility index (Phi) is 3.23. The Morgan fingerprint density at radius 3 is 2.60 bits per heavy atom. The minimum atomic E-state index is 0.349. The average Bonchev–Trinajstić information content (AvgIpc) is 2.37. The van der Waals surface area contributed by atoms with Gasteiger partial charge < -0.3 is 0 Å². The van der Waals surface area contributed by atoms with Crippen LogP contribution in [0.25, 0.3) is 0 Å². The summed E-state index contributed by atoms with van der Waals surface area (Å²) in [6.45, 7) is 14.1. The van der Waals surface area contributed by atoms with E-state index in [0.29, 0.717) is 16.2 Å². The third kappa shape index (κ3) is 2.02. The van der Waals surface area contributed by atoms with Gasteiger partial charge in [0.05, 0.1) is 0 Å². The van der Waals surface area contributed by atoms with Gasteiger partial charge in [-0.2, -0.15) is 0 Å². The molecule has 2 saturated carbocycles. The van der Waals surface area contributed by atoms with Gasteiger partial charge in [0.1, 0.15) is 0 Å². The van der Waals surface area contributed by atoms with Crippen LogP contribution in [0.3, 0.4) is 0 Å². The van der Waals surface area contributed by atoms with Crippen molar-refractivity contribution in [2.45, 2.75) is 72.6 Å². The molecule has 0 nitrogen and oxygen atoms in total. The van der Waals surface area contributed by atoms with E-state index in [1.807, 2.05) is 5.57 Å². The highest BCUT2D eigenvalue weighted by atomic mass is 14.6. The van der Waals surface area contributed by atoms with Crippen LogP contribution >= 0.6 is 0 Å². The van der Waals surface area contributed by atoms with E-state index >= 15 is 0 Å². The Morgan fingerprint density at radius 2 is 1.90 bits per heavy atom. The highest BCUT2D eigenvalue weighted by molar-refractivity contribution is 5.28. The summed E-state index contributed by atoms with van der Waals surface area (Å²) in [6.07, 6.45) is 14.5. The fourth-order valence-electron chi connectivity index (χ4n) is 5.93. The van der Waals surface area contributed by atoms with Gasteiger partial charge in [-0.15, -0.1) is 6.58 Å². The molecule has 0 aliphatic heterocycles. The predicted molar refractivity (Wildman–Crippen MR) is 87.6 cm³/mol. The van der Waals surface area contributed by atoms with Gasteiger partial charge in [-0.05, 0) is 66.6 Å². The maximum absolute atomic E-state index is 4.09. The molecule has 0 amide bonds. The summed E-state index contributed by atoms with van der Waals surface area (Å²) in [5.41, 5.74) is 3.22. The van der Waals surface area contributed by atoms with E-state index in [-0.39, 0.29) is 0 Å². The molecule has 0 N–H and O–H groups in total. The number of allylic oxidation sites excluding steroid dienone is 3. The second-order valence-corrected chi connectivity index (χ2v) is 9.01. The second-order valence-electron chi connectivity index (χ2n) is 9.01. The second kappa shape index (κ2) is 4.49. The lowest BCUT2D eigenvalue weighted by Crippen LogP contribution is -2.49. The quantitative estimate of drug-likeness (QED) is 0.503. The summed E-state index contributed by atoms with van der Waals surface area (Å²) in [7, 11) is 0. The van der Waals surface area contributed by atoms with E-state index in [9.17, 15) is 0 Å². The molecule has 0 bridgehead atoms. The van der Waals surface area contributed by atoms with Crippen LogP contribution < -0.4 is 0 Å². The molecule has 0 aromatic carbocycles. The molecule has 0 heteroatoms. The highest BCUT2D eigenvalue weighted by Gasteiger charge is 2.53. The Labute approximate surface area is 125 Å². The topological polar surface area (TPSA) is 0 Å². The third-order valence-corrected chi connectivity index (χ3v) is 7.13. The number of hydrogen-bond donors (Lipinski definition) is 0. The van der Waals surface area contributed by atoms with Gasteiger partial charge in [0.2, 0.25) is 0 Å². The average molecular weight is 272 g/mol. The van der Waals surface area contributed by atoms with Crippen LogP contribution in [0, 0.1) is 28.1 Å².